The van der Waals surface area contributed by atoms with Crippen LogP contribution >= 0.6 is 0 Å². The minimum atomic E-state index is 0.237. The van der Waals surface area contributed by atoms with Gasteiger partial charge in [0, 0.05) is 6.04 Å². The molecule has 3 fully saturated rings. The molecule has 2 nitrogen and oxygen atoms in total. The Labute approximate surface area is 80.3 Å². The van der Waals surface area contributed by atoms with Gasteiger partial charge in [0.05, 0.1) is 6.04 Å². The SMILES string of the molecule is CC(=O)C1C2CCCC(CC2)N1C. The number of ketones is 1. The van der Waals surface area contributed by atoms with Gasteiger partial charge in [-0.15, -0.1) is 0 Å². The fraction of sp³-hybridized carbons (Fsp3) is 0.909. The van der Waals surface area contributed by atoms with Crippen LogP contribution in [0.25, 0.3) is 0 Å². The van der Waals surface area contributed by atoms with Gasteiger partial charge in [-0.1, -0.05) is 6.42 Å². The maximum Gasteiger partial charge on any atom is 0.147 e. The molecule has 0 aromatic carbocycles. The summed E-state index contributed by atoms with van der Waals surface area (Å²) in [6.07, 6.45) is 6.48. The quantitative estimate of drug-likeness (QED) is 0.615. The molecular formula is C11H19NO. The zero-order valence-electron chi connectivity index (χ0n) is 8.62. The highest BCUT2D eigenvalue weighted by Gasteiger charge is 2.39. The molecule has 2 heterocycles. The van der Waals surface area contributed by atoms with Crippen molar-refractivity contribution in [1.82, 2.24) is 4.90 Å². The van der Waals surface area contributed by atoms with E-state index in [0.29, 0.717) is 17.7 Å². The molecular weight excluding hydrogens is 162 g/mol. The Hall–Kier alpha value is -0.370. The maximum absolute atomic E-state index is 11.5. The van der Waals surface area contributed by atoms with Gasteiger partial charge < -0.3 is 0 Å². The van der Waals surface area contributed by atoms with E-state index < -0.39 is 0 Å². The summed E-state index contributed by atoms with van der Waals surface area (Å²) < 4.78 is 0. The summed E-state index contributed by atoms with van der Waals surface area (Å²) in [5.74, 6) is 1.03. The Morgan fingerprint density at radius 3 is 2.69 bits per heavy atom. The summed E-state index contributed by atoms with van der Waals surface area (Å²) in [7, 11) is 2.13. The molecule has 0 radical (unpaired) electrons. The molecule has 0 amide bonds. The fourth-order valence-electron chi connectivity index (χ4n) is 3.21. The first-order valence-corrected chi connectivity index (χ1v) is 5.42. The van der Waals surface area contributed by atoms with E-state index in [-0.39, 0.29) is 6.04 Å². The van der Waals surface area contributed by atoms with Crippen LogP contribution in [0.15, 0.2) is 0 Å². The molecule has 0 aromatic rings. The second kappa shape index (κ2) is 3.41. The van der Waals surface area contributed by atoms with Crippen molar-refractivity contribution in [2.75, 3.05) is 7.05 Å². The van der Waals surface area contributed by atoms with Crippen molar-refractivity contribution >= 4 is 5.78 Å². The highest BCUT2D eigenvalue weighted by atomic mass is 16.1. The van der Waals surface area contributed by atoms with E-state index in [9.17, 15) is 4.79 Å². The van der Waals surface area contributed by atoms with Crippen LogP contribution in [0.5, 0.6) is 0 Å². The largest absolute Gasteiger partial charge is 0.298 e. The predicted molar refractivity (Wildman–Crippen MR) is 52.6 cm³/mol. The summed E-state index contributed by atoms with van der Waals surface area (Å²) >= 11 is 0. The van der Waals surface area contributed by atoms with Gasteiger partial charge in [0.1, 0.15) is 5.78 Å². The predicted octanol–water partition coefficient (Wildman–Crippen LogP) is 1.84. The third-order valence-corrected chi connectivity index (χ3v) is 3.86. The molecule has 1 aliphatic carbocycles. The summed E-state index contributed by atoms with van der Waals surface area (Å²) in [4.78, 5) is 13.8. The van der Waals surface area contributed by atoms with Gasteiger partial charge in [0.2, 0.25) is 0 Å². The fourth-order valence-corrected chi connectivity index (χ4v) is 3.21. The standard InChI is InChI=1S/C11H19NO/c1-8(13)11-9-4-3-5-10(7-6-9)12(11)2/h9-11H,3-7H2,1-2H3. The molecule has 2 heteroatoms. The number of likely N-dealkylation sites (N-methyl/N-ethyl adjacent to an activating group) is 1. The van der Waals surface area contributed by atoms with Crippen LogP contribution in [-0.4, -0.2) is 29.8 Å². The molecule has 0 aromatic heterocycles. The number of carbonyl (C=O) groups is 1. The molecule has 74 valence electrons. The minimum absolute atomic E-state index is 0.237. The number of nitrogens with zero attached hydrogens (tertiary/aromatic N) is 1. The Morgan fingerprint density at radius 1 is 1.23 bits per heavy atom. The molecule has 3 atom stereocenters. The summed E-state index contributed by atoms with van der Waals surface area (Å²) in [5, 5.41) is 0. The van der Waals surface area contributed by atoms with Crippen molar-refractivity contribution in [3.63, 3.8) is 0 Å². The van der Waals surface area contributed by atoms with Crippen molar-refractivity contribution in [2.24, 2.45) is 5.92 Å². The number of Topliss-reactive ketones (excluding diaryl/α,β-unsaturated/α-hetero) is 1. The molecule has 2 bridgehead atoms. The monoisotopic (exact) mass is 181 g/mol. The second-order valence-electron chi connectivity index (χ2n) is 4.64. The summed E-state index contributed by atoms with van der Waals surface area (Å²) in [5.41, 5.74) is 0. The van der Waals surface area contributed by atoms with E-state index in [1.165, 1.54) is 32.1 Å². The van der Waals surface area contributed by atoms with E-state index in [1.807, 2.05) is 0 Å². The second-order valence-corrected chi connectivity index (χ2v) is 4.64. The van der Waals surface area contributed by atoms with E-state index in [4.69, 9.17) is 0 Å². The Morgan fingerprint density at radius 2 is 2.00 bits per heavy atom. The first kappa shape index (κ1) is 9.20. The molecule has 2 aliphatic heterocycles. The number of rotatable bonds is 1. The molecule has 1 saturated carbocycles. The normalized spacial score (nSPS) is 40.3. The van der Waals surface area contributed by atoms with Gasteiger partial charge in [-0.2, -0.15) is 0 Å². The lowest BCUT2D eigenvalue weighted by atomic mass is 9.85. The van der Waals surface area contributed by atoms with Crippen molar-refractivity contribution < 1.29 is 4.79 Å². The van der Waals surface area contributed by atoms with Crippen LogP contribution in [0.4, 0.5) is 0 Å². The minimum Gasteiger partial charge on any atom is -0.298 e. The van der Waals surface area contributed by atoms with E-state index >= 15 is 0 Å². The Bertz CT molecular complexity index is 208. The molecule has 2 saturated heterocycles. The van der Waals surface area contributed by atoms with Crippen LogP contribution in [-0.2, 0) is 4.79 Å². The van der Waals surface area contributed by atoms with Crippen molar-refractivity contribution in [2.45, 2.75) is 51.1 Å². The average Bonchev–Trinajstić information content (AvgIpc) is 2.36. The van der Waals surface area contributed by atoms with Gasteiger partial charge in [-0.25, -0.2) is 0 Å². The molecule has 3 aliphatic rings. The van der Waals surface area contributed by atoms with Gasteiger partial charge in [0.15, 0.2) is 0 Å². The maximum atomic E-state index is 11.5. The van der Waals surface area contributed by atoms with E-state index in [1.54, 1.807) is 6.92 Å². The summed E-state index contributed by atoms with van der Waals surface area (Å²) in [6, 6.07) is 0.925. The molecule has 0 spiro atoms. The smallest absolute Gasteiger partial charge is 0.147 e. The summed E-state index contributed by atoms with van der Waals surface area (Å²) in [6.45, 7) is 1.75. The lowest BCUT2D eigenvalue weighted by Crippen LogP contribution is -2.50. The van der Waals surface area contributed by atoms with Crippen LogP contribution in [0.3, 0.4) is 0 Å². The number of piperidine rings is 1. The van der Waals surface area contributed by atoms with E-state index in [0.717, 1.165) is 0 Å². The number of carbonyl (C=O) groups excluding carboxylic acids is 1. The van der Waals surface area contributed by atoms with Gasteiger partial charge in [-0.05, 0) is 45.6 Å². The number of fused-ring (bicyclic) bond motifs is 4. The lowest BCUT2D eigenvalue weighted by molar-refractivity contribution is -0.125. The van der Waals surface area contributed by atoms with Crippen LogP contribution in [0.1, 0.15) is 39.0 Å². The molecule has 3 unspecified atom stereocenters. The molecule has 13 heavy (non-hydrogen) atoms. The highest BCUT2D eigenvalue weighted by molar-refractivity contribution is 5.82. The highest BCUT2D eigenvalue weighted by Crippen LogP contribution is 2.36. The molecule has 0 N–H and O–H groups in total. The van der Waals surface area contributed by atoms with Crippen LogP contribution < -0.4 is 0 Å². The zero-order valence-corrected chi connectivity index (χ0v) is 8.62. The Kier molecular flexibility index (Phi) is 2.41. The third kappa shape index (κ3) is 1.52. The molecule has 3 rings (SSSR count). The number of hydrogen-bond acceptors (Lipinski definition) is 2. The Balaban J connectivity index is 2.21. The topological polar surface area (TPSA) is 20.3 Å². The zero-order chi connectivity index (χ0) is 9.42. The van der Waals surface area contributed by atoms with Crippen LogP contribution in [0, 0.1) is 5.92 Å². The van der Waals surface area contributed by atoms with Crippen molar-refractivity contribution in [3.8, 4) is 0 Å². The number of hydrogen-bond donors (Lipinski definition) is 0. The van der Waals surface area contributed by atoms with Gasteiger partial charge in [-0.3, -0.25) is 9.69 Å². The van der Waals surface area contributed by atoms with Crippen molar-refractivity contribution in [3.05, 3.63) is 0 Å². The van der Waals surface area contributed by atoms with Crippen molar-refractivity contribution in [1.29, 1.82) is 0 Å². The van der Waals surface area contributed by atoms with Gasteiger partial charge >= 0.3 is 0 Å². The van der Waals surface area contributed by atoms with Gasteiger partial charge in [0.25, 0.3) is 0 Å². The third-order valence-electron chi connectivity index (χ3n) is 3.86. The van der Waals surface area contributed by atoms with E-state index in [2.05, 4.69) is 11.9 Å². The first-order chi connectivity index (χ1) is 6.20. The first-order valence-electron chi connectivity index (χ1n) is 5.42. The van der Waals surface area contributed by atoms with Crippen LogP contribution in [0.2, 0.25) is 0 Å². The lowest BCUT2D eigenvalue weighted by Gasteiger charge is -2.40. The average molecular weight is 181 g/mol.